The van der Waals surface area contributed by atoms with Gasteiger partial charge in [-0.3, -0.25) is 4.79 Å². The lowest BCUT2D eigenvalue weighted by Crippen LogP contribution is -2.13. The number of rotatable bonds is 1. The van der Waals surface area contributed by atoms with E-state index in [0.717, 1.165) is 11.1 Å². The molecule has 2 nitrogen and oxygen atoms in total. The van der Waals surface area contributed by atoms with E-state index in [9.17, 15) is 9.90 Å². The zero-order valence-electron chi connectivity index (χ0n) is 10.0. The maximum atomic E-state index is 11.4. The van der Waals surface area contributed by atoms with Gasteiger partial charge in [0, 0.05) is 0 Å². The number of phenolic OH excluding ortho intramolecular Hbond substituents is 1. The van der Waals surface area contributed by atoms with Crippen molar-refractivity contribution in [1.29, 1.82) is 0 Å². The summed E-state index contributed by atoms with van der Waals surface area (Å²) in [6.45, 7) is 9.36. The van der Waals surface area contributed by atoms with Gasteiger partial charge in [-0.15, -0.1) is 0 Å². The molecule has 0 saturated carbocycles. The Morgan fingerprint density at radius 2 is 1.80 bits per heavy atom. The number of Topliss-reactive ketones (excluding diaryl/α,β-unsaturated/α-hetero) is 1. The predicted octanol–water partition coefficient (Wildman–Crippen LogP) is 3.20. The second kappa shape index (κ2) is 3.69. The van der Waals surface area contributed by atoms with Crippen LogP contribution < -0.4 is 0 Å². The summed E-state index contributed by atoms with van der Waals surface area (Å²) >= 11 is 0. The maximum Gasteiger partial charge on any atom is 0.163 e. The highest BCUT2D eigenvalue weighted by Crippen LogP contribution is 2.34. The summed E-state index contributed by atoms with van der Waals surface area (Å²) in [5.41, 5.74) is 1.94. The average molecular weight is 206 g/mol. The van der Waals surface area contributed by atoms with Crippen LogP contribution in [0, 0.1) is 6.92 Å². The molecule has 1 aromatic carbocycles. The third kappa shape index (κ3) is 2.20. The standard InChI is InChI=1S/C13H18O2/c1-8-6-7-10(13(3,4)5)12(15)11(8)9(2)14/h6-7,15H,1-5H3. The van der Waals surface area contributed by atoms with Crippen LogP contribution in [0.4, 0.5) is 0 Å². The summed E-state index contributed by atoms with van der Waals surface area (Å²) in [6.07, 6.45) is 0. The molecule has 15 heavy (non-hydrogen) atoms. The van der Waals surface area contributed by atoms with Gasteiger partial charge in [-0.05, 0) is 30.4 Å². The number of aryl methyl sites for hydroxylation is 1. The molecule has 0 aliphatic carbocycles. The fourth-order valence-electron chi connectivity index (χ4n) is 1.74. The van der Waals surface area contributed by atoms with Crippen molar-refractivity contribution in [3.8, 4) is 5.75 Å². The highest BCUT2D eigenvalue weighted by Gasteiger charge is 2.22. The summed E-state index contributed by atoms with van der Waals surface area (Å²) in [7, 11) is 0. The Labute approximate surface area is 90.9 Å². The van der Waals surface area contributed by atoms with Crippen LogP contribution in [-0.4, -0.2) is 10.9 Å². The van der Waals surface area contributed by atoms with E-state index in [1.807, 2.05) is 39.8 Å². The van der Waals surface area contributed by atoms with Gasteiger partial charge in [-0.25, -0.2) is 0 Å². The van der Waals surface area contributed by atoms with Crippen molar-refractivity contribution >= 4 is 5.78 Å². The van der Waals surface area contributed by atoms with Gasteiger partial charge in [-0.2, -0.15) is 0 Å². The van der Waals surface area contributed by atoms with Gasteiger partial charge >= 0.3 is 0 Å². The lowest BCUT2D eigenvalue weighted by molar-refractivity contribution is 0.101. The van der Waals surface area contributed by atoms with Gasteiger partial charge in [-0.1, -0.05) is 32.9 Å². The second-order valence-corrected chi connectivity index (χ2v) is 4.96. The Morgan fingerprint density at radius 1 is 1.27 bits per heavy atom. The minimum Gasteiger partial charge on any atom is -0.507 e. The van der Waals surface area contributed by atoms with Crippen molar-refractivity contribution in [2.45, 2.75) is 40.0 Å². The van der Waals surface area contributed by atoms with Crippen molar-refractivity contribution in [2.24, 2.45) is 0 Å². The molecule has 0 aliphatic heterocycles. The summed E-state index contributed by atoms with van der Waals surface area (Å²) in [5.74, 6) is 0.0473. The van der Waals surface area contributed by atoms with Crippen LogP contribution in [0.3, 0.4) is 0 Å². The molecule has 0 radical (unpaired) electrons. The second-order valence-electron chi connectivity index (χ2n) is 4.96. The van der Waals surface area contributed by atoms with E-state index in [0.29, 0.717) is 5.56 Å². The van der Waals surface area contributed by atoms with Crippen LogP contribution in [0.1, 0.15) is 49.2 Å². The van der Waals surface area contributed by atoms with Crippen LogP contribution in [0.5, 0.6) is 5.75 Å². The van der Waals surface area contributed by atoms with E-state index in [1.54, 1.807) is 0 Å². The van der Waals surface area contributed by atoms with E-state index in [2.05, 4.69) is 0 Å². The first-order valence-electron chi connectivity index (χ1n) is 5.09. The Morgan fingerprint density at radius 3 is 2.20 bits per heavy atom. The summed E-state index contributed by atoms with van der Waals surface area (Å²) < 4.78 is 0. The van der Waals surface area contributed by atoms with Crippen LogP contribution >= 0.6 is 0 Å². The van der Waals surface area contributed by atoms with Crippen molar-refractivity contribution in [2.75, 3.05) is 0 Å². The Hall–Kier alpha value is -1.31. The first kappa shape index (κ1) is 11.8. The van der Waals surface area contributed by atoms with E-state index >= 15 is 0 Å². The molecule has 0 atom stereocenters. The molecule has 1 rings (SSSR count). The van der Waals surface area contributed by atoms with Gasteiger partial charge in [0.05, 0.1) is 5.56 Å². The Bertz CT molecular complexity index is 398. The molecular weight excluding hydrogens is 188 g/mol. The highest BCUT2D eigenvalue weighted by atomic mass is 16.3. The summed E-state index contributed by atoms with van der Waals surface area (Å²) in [6, 6.07) is 3.77. The number of carbonyl (C=O) groups is 1. The Balaban J connectivity index is 3.49. The maximum absolute atomic E-state index is 11.4. The molecule has 0 bridgehead atoms. The molecule has 2 heteroatoms. The van der Waals surface area contributed by atoms with Gasteiger partial charge in [0.15, 0.2) is 5.78 Å². The van der Waals surface area contributed by atoms with Crippen LogP contribution in [0.2, 0.25) is 0 Å². The molecule has 0 aromatic heterocycles. The third-order valence-corrected chi connectivity index (χ3v) is 2.55. The number of ketones is 1. The summed E-state index contributed by atoms with van der Waals surface area (Å²) in [5, 5.41) is 10.1. The van der Waals surface area contributed by atoms with Crippen molar-refractivity contribution < 1.29 is 9.90 Å². The number of benzene rings is 1. The van der Waals surface area contributed by atoms with Crippen molar-refractivity contribution in [3.63, 3.8) is 0 Å². The van der Waals surface area contributed by atoms with Crippen LogP contribution in [0.25, 0.3) is 0 Å². The zero-order valence-corrected chi connectivity index (χ0v) is 10.0. The predicted molar refractivity (Wildman–Crippen MR) is 61.5 cm³/mol. The van der Waals surface area contributed by atoms with E-state index in [1.165, 1.54) is 6.92 Å². The molecule has 82 valence electrons. The quantitative estimate of drug-likeness (QED) is 0.716. The number of aromatic hydroxyl groups is 1. The van der Waals surface area contributed by atoms with Gasteiger partial charge in [0.1, 0.15) is 5.75 Å². The first-order chi connectivity index (χ1) is 6.75. The van der Waals surface area contributed by atoms with Crippen LogP contribution in [-0.2, 0) is 5.41 Å². The molecule has 0 fully saturated rings. The highest BCUT2D eigenvalue weighted by molar-refractivity contribution is 5.98. The topological polar surface area (TPSA) is 37.3 Å². The molecule has 1 N–H and O–H groups in total. The fraction of sp³-hybridized carbons (Fsp3) is 0.462. The van der Waals surface area contributed by atoms with Crippen LogP contribution in [0.15, 0.2) is 12.1 Å². The summed E-state index contributed by atoms with van der Waals surface area (Å²) in [4.78, 5) is 11.4. The van der Waals surface area contributed by atoms with Gasteiger partial charge < -0.3 is 5.11 Å². The smallest absolute Gasteiger partial charge is 0.163 e. The molecular formula is C13H18O2. The fourth-order valence-corrected chi connectivity index (χ4v) is 1.74. The normalized spacial score (nSPS) is 11.5. The van der Waals surface area contributed by atoms with E-state index in [-0.39, 0.29) is 16.9 Å². The molecule has 0 amide bonds. The molecule has 0 spiro atoms. The minimum atomic E-state index is -0.151. The molecule has 1 aromatic rings. The van der Waals surface area contributed by atoms with E-state index in [4.69, 9.17) is 0 Å². The third-order valence-electron chi connectivity index (χ3n) is 2.55. The zero-order chi connectivity index (χ0) is 11.8. The molecule has 0 saturated heterocycles. The molecule has 0 unspecified atom stereocenters. The largest absolute Gasteiger partial charge is 0.507 e. The number of phenols is 1. The van der Waals surface area contributed by atoms with Crippen molar-refractivity contribution in [3.05, 3.63) is 28.8 Å². The van der Waals surface area contributed by atoms with Gasteiger partial charge in [0.25, 0.3) is 0 Å². The Kier molecular flexibility index (Phi) is 2.89. The van der Waals surface area contributed by atoms with Crippen molar-refractivity contribution in [1.82, 2.24) is 0 Å². The molecule has 0 heterocycles. The van der Waals surface area contributed by atoms with Gasteiger partial charge in [0.2, 0.25) is 0 Å². The average Bonchev–Trinajstić information content (AvgIpc) is 2.00. The lowest BCUT2D eigenvalue weighted by Gasteiger charge is -2.22. The van der Waals surface area contributed by atoms with E-state index < -0.39 is 0 Å². The number of hydrogen-bond acceptors (Lipinski definition) is 2. The first-order valence-corrected chi connectivity index (χ1v) is 5.09. The molecule has 0 aliphatic rings. The number of carbonyl (C=O) groups excluding carboxylic acids is 1. The SMILES string of the molecule is CC(=O)c1c(C)ccc(C(C)(C)C)c1O. The monoisotopic (exact) mass is 206 g/mol. The minimum absolute atomic E-state index is 0.0869. The lowest BCUT2D eigenvalue weighted by atomic mass is 9.84. The number of hydrogen-bond donors (Lipinski definition) is 1.